The number of nitrogens with zero attached hydrogens (tertiary/aromatic N) is 2. The highest BCUT2D eigenvalue weighted by atomic mass is 19.1. The van der Waals surface area contributed by atoms with E-state index in [1.54, 1.807) is 18.5 Å². The molecule has 0 fully saturated rings. The molecule has 0 radical (unpaired) electrons. The largest absolute Gasteiger partial charge is 0.383 e. The molecule has 29 heavy (non-hydrogen) atoms. The van der Waals surface area contributed by atoms with Crippen molar-refractivity contribution in [3.63, 3.8) is 0 Å². The summed E-state index contributed by atoms with van der Waals surface area (Å²) in [5, 5.41) is 2.93. The Morgan fingerprint density at radius 3 is 2.66 bits per heavy atom. The molecule has 0 spiro atoms. The Kier molecular flexibility index (Phi) is 4.84. The van der Waals surface area contributed by atoms with E-state index in [-0.39, 0.29) is 17.8 Å². The number of anilines is 1. The normalized spacial score (nSPS) is 18.0. The van der Waals surface area contributed by atoms with Gasteiger partial charge in [0.2, 0.25) is 5.91 Å². The molecule has 6 heteroatoms. The number of carbonyl (C=O) groups is 1. The number of carbonyl (C=O) groups excluding carboxylic acids is 1. The summed E-state index contributed by atoms with van der Waals surface area (Å²) in [6, 6.07) is 13.6. The lowest BCUT2D eigenvalue weighted by Crippen LogP contribution is -2.35. The second kappa shape index (κ2) is 7.47. The van der Waals surface area contributed by atoms with Crippen molar-refractivity contribution in [2.45, 2.75) is 25.8 Å². The molecule has 146 valence electrons. The molecule has 2 atom stereocenters. The molecule has 0 bridgehead atoms. The zero-order valence-electron chi connectivity index (χ0n) is 16.2. The van der Waals surface area contributed by atoms with Gasteiger partial charge in [-0.15, -0.1) is 0 Å². The van der Waals surface area contributed by atoms with E-state index in [1.165, 1.54) is 12.1 Å². The predicted octanol–water partition coefficient (Wildman–Crippen LogP) is 4.03. The van der Waals surface area contributed by atoms with Crippen LogP contribution in [-0.2, 0) is 4.79 Å². The first-order chi connectivity index (χ1) is 13.9. The zero-order valence-corrected chi connectivity index (χ0v) is 16.2. The number of halogens is 1. The molecule has 1 aromatic heterocycles. The molecular weight excluding hydrogens is 367 g/mol. The first-order valence-electron chi connectivity index (χ1n) is 9.38. The molecule has 5 nitrogen and oxygen atoms in total. The quantitative estimate of drug-likeness (QED) is 0.711. The predicted molar refractivity (Wildman–Crippen MR) is 112 cm³/mol. The zero-order chi connectivity index (χ0) is 20.5. The number of amides is 1. The van der Waals surface area contributed by atoms with E-state index in [4.69, 9.17) is 5.73 Å². The Morgan fingerprint density at radius 1 is 1.10 bits per heavy atom. The standard InChI is InChI=1S/C23H21FN4O/c1-13-8-18(12-26-11-13)28-23(29)21-14(2)27-22(25)20-10-16(6-7-19(20)21)15-4-3-5-17(24)9-15/h3-12,14,21H,1-2H3,(H2,25,27)(H,28,29). The minimum absolute atomic E-state index is 0.166. The number of amidine groups is 1. The summed E-state index contributed by atoms with van der Waals surface area (Å²) >= 11 is 0. The summed E-state index contributed by atoms with van der Waals surface area (Å²) in [4.78, 5) is 21.7. The van der Waals surface area contributed by atoms with Crippen LogP contribution in [-0.4, -0.2) is 22.8 Å². The summed E-state index contributed by atoms with van der Waals surface area (Å²) in [5.41, 5.74) is 10.9. The van der Waals surface area contributed by atoms with Crippen LogP contribution in [0.2, 0.25) is 0 Å². The highest BCUT2D eigenvalue weighted by Gasteiger charge is 2.33. The number of aliphatic imine (C=N–C) groups is 1. The van der Waals surface area contributed by atoms with Gasteiger partial charge in [-0.1, -0.05) is 24.3 Å². The molecule has 3 N–H and O–H groups in total. The third-order valence-corrected chi connectivity index (χ3v) is 5.07. The van der Waals surface area contributed by atoms with Gasteiger partial charge in [-0.25, -0.2) is 4.39 Å². The number of pyridine rings is 1. The van der Waals surface area contributed by atoms with Crippen molar-refractivity contribution in [2.75, 3.05) is 5.32 Å². The van der Waals surface area contributed by atoms with Crippen LogP contribution in [0, 0.1) is 12.7 Å². The van der Waals surface area contributed by atoms with Crippen molar-refractivity contribution in [1.29, 1.82) is 0 Å². The average Bonchev–Trinajstić information content (AvgIpc) is 2.68. The third kappa shape index (κ3) is 3.74. The first kappa shape index (κ1) is 18.8. The Labute approximate surface area is 168 Å². The van der Waals surface area contributed by atoms with E-state index in [1.807, 2.05) is 44.2 Å². The number of rotatable bonds is 3. The van der Waals surface area contributed by atoms with E-state index >= 15 is 0 Å². The van der Waals surface area contributed by atoms with E-state index < -0.39 is 5.92 Å². The number of nitrogens with one attached hydrogen (secondary N) is 1. The number of aryl methyl sites for hydroxylation is 1. The van der Waals surface area contributed by atoms with Gasteiger partial charge in [0.15, 0.2) is 0 Å². The van der Waals surface area contributed by atoms with Gasteiger partial charge < -0.3 is 11.1 Å². The monoisotopic (exact) mass is 388 g/mol. The summed E-state index contributed by atoms with van der Waals surface area (Å²) in [6.07, 6.45) is 3.34. The number of benzene rings is 2. The molecule has 2 aromatic carbocycles. The SMILES string of the molecule is Cc1cncc(NC(=O)C2c3ccc(-c4cccc(F)c4)cc3C(N)=NC2C)c1. The molecule has 1 aliphatic rings. The Hall–Kier alpha value is -3.54. The van der Waals surface area contributed by atoms with Crippen LogP contribution in [0.1, 0.15) is 29.5 Å². The number of hydrogen-bond donors (Lipinski definition) is 2. The third-order valence-electron chi connectivity index (χ3n) is 5.07. The van der Waals surface area contributed by atoms with Crippen LogP contribution in [0.25, 0.3) is 11.1 Å². The van der Waals surface area contributed by atoms with Gasteiger partial charge in [0.1, 0.15) is 11.7 Å². The molecule has 0 saturated carbocycles. The lowest BCUT2D eigenvalue weighted by Gasteiger charge is -2.28. The maximum atomic E-state index is 13.6. The molecule has 3 aromatic rings. The summed E-state index contributed by atoms with van der Waals surface area (Å²) in [7, 11) is 0. The van der Waals surface area contributed by atoms with Crippen molar-refractivity contribution in [3.05, 3.63) is 83.4 Å². The lowest BCUT2D eigenvalue weighted by molar-refractivity contribution is -0.117. The van der Waals surface area contributed by atoms with Crippen molar-refractivity contribution < 1.29 is 9.18 Å². The maximum absolute atomic E-state index is 13.6. The number of fused-ring (bicyclic) bond motifs is 1. The van der Waals surface area contributed by atoms with Gasteiger partial charge in [0, 0.05) is 11.8 Å². The fraction of sp³-hybridized carbons (Fsp3) is 0.174. The lowest BCUT2D eigenvalue weighted by atomic mass is 9.84. The van der Waals surface area contributed by atoms with Crippen molar-refractivity contribution in [3.8, 4) is 11.1 Å². The van der Waals surface area contributed by atoms with Crippen LogP contribution < -0.4 is 11.1 Å². The van der Waals surface area contributed by atoms with E-state index in [9.17, 15) is 9.18 Å². The molecule has 1 amide bonds. The molecular formula is C23H21FN4O. The highest BCUT2D eigenvalue weighted by molar-refractivity contribution is 6.05. The van der Waals surface area contributed by atoms with Crippen LogP contribution in [0.5, 0.6) is 0 Å². The fourth-order valence-corrected chi connectivity index (χ4v) is 3.72. The first-order valence-corrected chi connectivity index (χ1v) is 9.38. The van der Waals surface area contributed by atoms with Gasteiger partial charge in [0.25, 0.3) is 0 Å². The summed E-state index contributed by atoms with van der Waals surface area (Å²) in [5.74, 6) is -0.577. The second-order valence-corrected chi connectivity index (χ2v) is 7.29. The van der Waals surface area contributed by atoms with Gasteiger partial charge in [-0.05, 0) is 60.4 Å². The highest BCUT2D eigenvalue weighted by Crippen LogP contribution is 2.34. The minimum Gasteiger partial charge on any atom is -0.383 e. The van der Waals surface area contributed by atoms with E-state index in [2.05, 4.69) is 15.3 Å². The Bertz CT molecular complexity index is 1130. The van der Waals surface area contributed by atoms with E-state index in [0.29, 0.717) is 17.1 Å². The molecule has 1 aliphatic heterocycles. The molecule has 2 unspecified atom stereocenters. The van der Waals surface area contributed by atoms with Crippen LogP contribution in [0.15, 0.2) is 65.9 Å². The van der Waals surface area contributed by atoms with E-state index in [0.717, 1.165) is 22.3 Å². The molecule has 0 aliphatic carbocycles. The number of nitrogens with two attached hydrogens (primary N) is 1. The maximum Gasteiger partial charge on any atom is 0.234 e. The summed E-state index contributed by atoms with van der Waals surface area (Å²) in [6.45, 7) is 3.79. The Balaban J connectivity index is 1.70. The smallest absolute Gasteiger partial charge is 0.234 e. The second-order valence-electron chi connectivity index (χ2n) is 7.29. The molecule has 0 saturated heterocycles. The van der Waals surface area contributed by atoms with Crippen LogP contribution >= 0.6 is 0 Å². The summed E-state index contributed by atoms with van der Waals surface area (Å²) < 4.78 is 13.6. The van der Waals surface area contributed by atoms with Gasteiger partial charge in [-0.3, -0.25) is 14.8 Å². The molecule has 4 rings (SSSR count). The number of aromatic nitrogens is 1. The number of hydrogen-bond acceptors (Lipinski definition) is 4. The topological polar surface area (TPSA) is 80.4 Å². The van der Waals surface area contributed by atoms with Crippen LogP contribution in [0.3, 0.4) is 0 Å². The van der Waals surface area contributed by atoms with Crippen molar-refractivity contribution in [1.82, 2.24) is 4.98 Å². The van der Waals surface area contributed by atoms with Crippen molar-refractivity contribution >= 4 is 17.4 Å². The average molecular weight is 388 g/mol. The van der Waals surface area contributed by atoms with Gasteiger partial charge >= 0.3 is 0 Å². The van der Waals surface area contributed by atoms with Crippen molar-refractivity contribution in [2.24, 2.45) is 10.7 Å². The van der Waals surface area contributed by atoms with Gasteiger partial charge in [-0.2, -0.15) is 0 Å². The molecule has 2 heterocycles. The van der Waals surface area contributed by atoms with Gasteiger partial charge in [0.05, 0.1) is 23.8 Å². The fourth-order valence-electron chi connectivity index (χ4n) is 3.72. The Morgan fingerprint density at radius 2 is 1.90 bits per heavy atom. The van der Waals surface area contributed by atoms with Crippen LogP contribution in [0.4, 0.5) is 10.1 Å². The minimum atomic E-state index is -0.487.